The molecule has 0 unspecified atom stereocenters. The largest absolute Gasteiger partial charge is 0.355 e. The van der Waals surface area contributed by atoms with Crippen molar-refractivity contribution < 1.29 is 0 Å². The predicted octanol–water partition coefficient (Wildman–Crippen LogP) is 12.9. The molecule has 2 aromatic carbocycles. The second kappa shape index (κ2) is 17.8. The molecule has 3 aliphatic carbocycles. The van der Waals surface area contributed by atoms with E-state index in [-0.39, 0.29) is 0 Å². The van der Waals surface area contributed by atoms with Crippen LogP contribution >= 0.6 is 0 Å². The fraction of sp³-hybridized carbons (Fsp3) is 0.163. The van der Waals surface area contributed by atoms with Crippen molar-refractivity contribution in [2.45, 2.75) is 52.4 Å². The highest BCUT2D eigenvalue weighted by Gasteiger charge is 2.33. The van der Waals surface area contributed by atoms with Crippen LogP contribution in [0.25, 0.3) is 16.7 Å². The van der Waals surface area contributed by atoms with Gasteiger partial charge in [-0.2, -0.15) is 0 Å². The minimum absolute atomic E-state index is 0.877. The SMILES string of the molecule is C=CC(/N=C/C=C\C=C/C)=C(\C=C1\C2=C(C=CCC2)N1c1ccc(-c2cccc(/C(C=C)=C(/C=C\C)NC3=CCCC=C3)c2)cc1)C1=CC=CCC1. The molecule has 0 aromatic heterocycles. The highest BCUT2D eigenvalue weighted by atomic mass is 15.2. The average Bonchev–Trinajstić information content (AvgIpc) is 3.19. The standard InChI is InChI=1S/C49H49N3/c1-5-9-10-19-34-50-46(8-4)45(38-22-13-11-14-23-38)36-49-44-28-17-18-29-48(44)52(49)42-32-30-37(31-33-42)39-24-20-25-40(35-39)43(7-3)47(21-6-2)51-41-26-15-12-16-27-41/h5-11,13,15,18-22,24-27,29-36,51H,3-4,12,14,16-17,23,28H2,1-2H3/b9-5-,19-10-,21-6-,46-45-,47-43-,49-36-,50-34+. The van der Waals surface area contributed by atoms with Crippen LogP contribution in [0.2, 0.25) is 0 Å². The molecule has 2 aromatic rings. The lowest BCUT2D eigenvalue weighted by atomic mass is 9.86. The van der Waals surface area contributed by atoms with E-state index in [1.165, 1.54) is 28.1 Å². The van der Waals surface area contributed by atoms with Crippen LogP contribution in [-0.2, 0) is 0 Å². The van der Waals surface area contributed by atoms with Gasteiger partial charge in [0.25, 0.3) is 0 Å². The van der Waals surface area contributed by atoms with Crippen LogP contribution in [0.15, 0.2) is 215 Å². The number of hydrogen-bond acceptors (Lipinski definition) is 3. The van der Waals surface area contributed by atoms with Crippen molar-refractivity contribution in [1.29, 1.82) is 0 Å². The lowest BCUT2D eigenvalue weighted by Crippen LogP contribution is -2.34. The van der Waals surface area contributed by atoms with E-state index in [0.29, 0.717) is 0 Å². The molecule has 260 valence electrons. The molecule has 0 saturated carbocycles. The Balaban J connectivity index is 1.34. The van der Waals surface area contributed by atoms with Crippen molar-refractivity contribution in [3.05, 3.63) is 216 Å². The summed E-state index contributed by atoms with van der Waals surface area (Å²) in [6, 6.07) is 17.7. The fourth-order valence-corrected chi connectivity index (χ4v) is 6.92. The molecule has 6 rings (SSSR count). The van der Waals surface area contributed by atoms with Gasteiger partial charge in [-0.15, -0.1) is 0 Å². The second-order valence-electron chi connectivity index (χ2n) is 12.9. The van der Waals surface area contributed by atoms with Crippen LogP contribution in [0.3, 0.4) is 0 Å². The second-order valence-corrected chi connectivity index (χ2v) is 12.9. The normalized spacial score (nSPS) is 18.9. The van der Waals surface area contributed by atoms with Gasteiger partial charge in [-0.3, -0.25) is 4.99 Å². The van der Waals surface area contributed by atoms with Crippen molar-refractivity contribution in [3.8, 4) is 11.1 Å². The number of nitrogens with zero attached hydrogens (tertiary/aromatic N) is 2. The molecule has 0 saturated heterocycles. The maximum absolute atomic E-state index is 4.86. The Morgan fingerprint density at radius 1 is 0.808 bits per heavy atom. The van der Waals surface area contributed by atoms with E-state index in [0.717, 1.165) is 83.6 Å². The molecule has 3 heteroatoms. The van der Waals surface area contributed by atoms with Crippen LogP contribution in [0, 0.1) is 0 Å². The van der Waals surface area contributed by atoms with E-state index in [1.54, 1.807) is 0 Å². The smallest absolute Gasteiger partial charge is 0.0699 e. The third-order valence-corrected chi connectivity index (χ3v) is 9.50. The first kappa shape index (κ1) is 35.9. The lowest BCUT2D eigenvalue weighted by molar-refractivity contribution is 0.845. The molecular weight excluding hydrogens is 631 g/mol. The summed E-state index contributed by atoms with van der Waals surface area (Å²) in [6.07, 6.45) is 44.2. The van der Waals surface area contributed by atoms with Gasteiger partial charge in [0.1, 0.15) is 0 Å². The van der Waals surface area contributed by atoms with E-state index >= 15 is 0 Å². The van der Waals surface area contributed by atoms with Crippen LogP contribution in [0.5, 0.6) is 0 Å². The highest BCUT2D eigenvalue weighted by Crippen LogP contribution is 2.46. The Kier molecular flexibility index (Phi) is 12.3. The monoisotopic (exact) mass is 679 g/mol. The summed E-state index contributed by atoms with van der Waals surface area (Å²) in [7, 11) is 0. The maximum atomic E-state index is 4.86. The van der Waals surface area contributed by atoms with Gasteiger partial charge in [-0.1, -0.05) is 110 Å². The zero-order chi connectivity index (χ0) is 36.1. The molecule has 1 heterocycles. The summed E-state index contributed by atoms with van der Waals surface area (Å²) in [6.45, 7) is 12.4. The molecule has 0 bridgehead atoms. The van der Waals surface area contributed by atoms with E-state index in [1.807, 2.05) is 56.5 Å². The quantitative estimate of drug-likeness (QED) is 0.169. The van der Waals surface area contributed by atoms with E-state index < -0.39 is 0 Å². The predicted molar refractivity (Wildman–Crippen MR) is 225 cm³/mol. The minimum atomic E-state index is 0.877. The molecular formula is C49H49N3. The van der Waals surface area contributed by atoms with Gasteiger partial charge in [-0.25, -0.2) is 0 Å². The zero-order valence-corrected chi connectivity index (χ0v) is 30.6. The lowest BCUT2D eigenvalue weighted by Gasteiger charge is -2.42. The van der Waals surface area contributed by atoms with E-state index in [9.17, 15) is 0 Å². The van der Waals surface area contributed by atoms with Gasteiger partial charge < -0.3 is 10.2 Å². The molecule has 1 aliphatic heterocycles. The van der Waals surface area contributed by atoms with Crippen molar-refractivity contribution >= 4 is 17.5 Å². The third kappa shape index (κ3) is 8.33. The van der Waals surface area contributed by atoms with Crippen molar-refractivity contribution in [3.63, 3.8) is 0 Å². The number of aliphatic imine (C=N–C) groups is 1. The van der Waals surface area contributed by atoms with Crippen LogP contribution < -0.4 is 10.2 Å². The Labute approximate surface area is 311 Å². The van der Waals surface area contributed by atoms with Gasteiger partial charge in [0.15, 0.2) is 0 Å². The summed E-state index contributed by atoms with van der Waals surface area (Å²) in [5, 5.41) is 3.63. The molecule has 3 nitrogen and oxygen atoms in total. The highest BCUT2D eigenvalue weighted by molar-refractivity contribution is 5.82. The van der Waals surface area contributed by atoms with E-state index in [4.69, 9.17) is 4.99 Å². The summed E-state index contributed by atoms with van der Waals surface area (Å²) < 4.78 is 0. The van der Waals surface area contributed by atoms with Gasteiger partial charge in [0.05, 0.1) is 17.1 Å². The van der Waals surface area contributed by atoms with Crippen LogP contribution in [0.1, 0.15) is 57.9 Å². The van der Waals surface area contributed by atoms with E-state index in [2.05, 4.69) is 139 Å². The number of allylic oxidation sites excluding steroid dienone is 21. The summed E-state index contributed by atoms with van der Waals surface area (Å²) in [5.41, 5.74) is 15.0. The fourth-order valence-electron chi connectivity index (χ4n) is 6.92. The summed E-state index contributed by atoms with van der Waals surface area (Å²) in [4.78, 5) is 7.25. The first-order chi connectivity index (χ1) is 25.6. The average molecular weight is 680 g/mol. The number of rotatable bonds is 13. The van der Waals surface area contributed by atoms with Crippen LogP contribution in [0.4, 0.5) is 5.69 Å². The molecule has 0 spiro atoms. The van der Waals surface area contributed by atoms with Gasteiger partial charge in [0, 0.05) is 40.0 Å². The van der Waals surface area contributed by atoms with Crippen molar-refractivity contribution in [2.75, 3.05) is 4.90 Å². The molecule has 0 amide bonds. The Bertz CT molecular complexity index is 2090. The first-order valence-electron chi connectivity index (χ1n) is 18.5. The Morgan fingerprint density at radius 3 is 2.38 bits per heavy atom. The third-order valence-electron chi connectivity index (χ3n) is 9.50. The summed E-state index contributed by atoms with van der Waals surface area (Å²) in [5.74, 6) is 0. The number of anilines is 1. The number of hydrogen-bond donors (Lipinski definition) is 1. The van der Waals surface area contributed by atoms with Crippen molar-refractivity contribution in [2.24, 2.45) is 4.99 Å². The molecule has 0 fully saturated rings. The zero-order valence-electron chi connectivity index (χ0n) is 30.6. The minimum Gasteiger partial charge on any atom is -0.355 e. The molecule has 1 N–H and O–H groups in total. The Morgan fingerprint density at radius 2 is 1.65 bits per heavy atom. The van der Waals surface area contributed by atoms with Gasteiger partial charge in [0.2, 0.25) is 0 Å². The number of benzene rings is 2. The van der Waals surface area contributed by atoms with Crippen LogP contribution in [-0.4, -0.2) is 6.21 Å². The van der Waals surface area contributed by atoms with Gasteiger partial charge in [-0.05, 0) is 129 Å². The summed E-state index contributed by atoms with van der Waals surface area (Å²) >= 11 is 0. The number of nitrogens with one attached hydrogen (secondary N) is 1. The maximum Gasteiger partial charge on any atom is 0.0699 e. The molecule has 52 heavy (non-hydrogen) atoms. The molecule has 0 atom stereocenters. The topological polar surface area (TPSA) is 27.6 Å². The first-order valence-corrected chi connectivity index (χ1v) is 18.5. The molecule has 0 radical (unpaired) electrons. The Hall–Kier alpha value is -5.93. The van der Waals surface area contributed by atoms with Gasteiger partial charge >= 0.3 is 0 Å². The molecule has 4 aliphatic rings. The van der Waals surface area contributed by atoms with Crippen molar-refractivity contribution in [1.82, 2.24) is 5.32 Å².